The van der Waals surface area contributed by atoms with Gasteiger partial charge in [-0.25, -0.2) is 0 Å². The molecule has 2 heterocycles. The summed E-state index contributed by atoms with van der Waals surface area (Å²) in [7, 11) is 1.70. The number of nitrogens with one attached hydrogen (secondary N) is 1. The number of ether oxygens (including phenoxy) is 2. The van der Waals surface area contributed by atoms with Gasteiger partial charge in [0.25, 0.3) is 0 Å². The largest absolute Gasteiger partial charge is 0.496 e. The van der Waals surface area contributed by atoms with Gasteiger partial charge < -0.3 is 14.8 Å². The summed E-state index contributed by atoms with van der Waals surface area (Å²) in [6, 6.07) is 17.1. The number of rotatable bonds is 8. The highest BCUT2D eigenvalue weighted by Crippen LogP contribution is 2.37. The molecule has 0 saturated carbocycles. The minimum atomic E-state index is -0.409. The van der Waals surface area contributed by atoms with Gasteiger partial charge in [0.2, 0.25) is 5.91 Å². The molecule has 0 aliphatic carbocycles. The average molecular weight is 437 g/mol. The van der Waals surface area contributed by atoms with E-state index in [2.05, 4.69) is 47.5 Å². The maximum absolute atomic E-state index is 13.5. The van der Waals surface area contributed by atoms with Crippen molar-refractivity contribution in [2.75, 3.05) is 40.0 Å². The molecule has 2 fully saturated rings. The number of methoxy groups -OCH3 is 1. The van der Waals surface area contributed by atoms with Crippen LogP contribution in [0.25, 0.3) is 11.1 Å². The van der Waals surface area contributed by atoms with Crippen LogP contribution in [0.5, 0.6) is 5.75 Å². The highest BCUT2D eigenvalue weighted by molar-refractivity contribution is 5.83. The van der Waals surface area contributed by atoms with E-state index in [-0.39, 0.29) is 5.91 Å². The fourth-order valence-corrected chi connectivity index (χ4v) is 5.31. The first-order valence-electron chi connectivity index (χ1n) is 12.0. The molecule has 0 aromatic heterocycles. The molecule has 1 N–H and O–H groups in total. The van der Waals surface area contributed by atoms with Gasteiger partial charge in [0.15, 0.2) is 0 Å². The lowest BCUT2D eigenvalue weighted by Crippen LogP contribution is -2.49. The van der Waals surface area contributed by atoms with Crippen LogP contribution < -0.4 is 10.1 Å². The number of likely N-dealkylation sites (N-methyl/N-ethyl adjacent to an activating group) is 1. The van der Waals surface area contributed by atoms with E-state index in [1.165, 1.54) is 18.4 Å². The molecule has 0 bridgehead atoms. The smallest absolute Gasteiger partial charge is 0.226 e. The summed E-state index contributed by atoms with van der Waals surface area (Å²) in [5.74, 6) is 1.05. The molecule has 0 radical (unpaired) electrons. The molecule has 1 atom stereocenters. The first-order chi connectivity index (χ1) is 15.6. The van der Waals surface area contributed by atoms with Crippen LogP contribution in [0.3, 0.4) is 0 Å². The molecule has 2 aromatic carbocycles. The highest BCUT2D eigenvalue weighted by atomic mass is 16.5. The van der Waals surface area contributed by atoms with Gasteiger partial charge in [0.1, 0.15) is 5.75 Å². The number of carbonyl (C=O) groups is 1. The molecular formula is C27H36N2O3. The van der Waals surface area contributed by atoms with Crippen LogP contribution in [0.4, 0.5) is 0 Å². The van der Waals surface area contributed by atoms with Gasteiger partial charge in [-0.2, -0.15) is 0 Å². The van der Waals surface area contributed by atoms with Crippen molar-refractivity contribution in [1.82, 2.24) is 10.2 Å². The summed E-state index contributed by atoms with van der Waals surface area (Å²) in [6.07, 6.45) is 4.65. The number of benzene rings is 2. The summed E-state index contributed by atoms with van der Waals surface area (Å²) in [5, 5.41) is 3.33. The lowest BCUT2D eigenvalue weighted by molar-refractivity contribution is -0.136. The molecule has 1 unspecified atom stereocenters. The summed E-state index contributed by atoms with van der Waals surface area (Å²) < 4.78 is 11.2. The van der Waals surface area contributed by atoms with Crippen molar-refractivity contribution in [3.05, 3.63) is 54.1 Å². The van der Waals surface area contributed by atoms with E-state index in [4.69, 9.17) is 9.47 Å². The maximum atomic E-state index is 13.5. The summed E-state index contributed by atoms with van der Waals surface area (Å²) in [6.45, 7) is 6.43. The third-order valence-electron chi connectivity index (χ3n) is 7.22. The zero-order valence-corrected chi connectivity index (χ0v) is 19.4. The van der Waals surface area contributed by atoms with Gasteiger partial charge in [-0.3, -0.25) is 9.69 Å². The second-order valence-corrected chi connectivity index (χ2v) is 9.10. The summed E-state index contributed by atoms with van der Waals surface area (Å²) >= 11 is 0. The van der Waals surface area contributed by atoms with Crippen LogP contribution in [-0.4, -0.2) is 56.8 Å². The standard InChI is InChI=1S/C27H36N2O3/c1-3-29-15-7-10-23(29)20-28-26(30)27(13-16-32-17-14-27)19-21-8-6-9-22(18-21)24-11-4-5-12-25(24)31-2/h4-6,8-9,11-12,18,23H,3,7,10,13-17,19-20H2,1-2H3,(H,28,30). The maximum Gasteiger partial charge on any atom is 0.226 e. The Hall–Kier alpha value is -2.37. The minimum Gasteiger partial charge on any atom is -0.496 e. The van der Waals surface area contributed by atoms with E-state index in [1.54, 1.807) is 7.11 Å². The van der Waals surface area contributed by atoms with E-state index in [0.717, 1.165) is 55.8 Å². The van der Waals surface area contributed by atoms with Crippen LogP contribution in [-0.2, 0) is 16.0 Å². The van der Waals surface area contributed by atoms with Crippen molar-refractivity contribution in [2.24, 2.45) is 5.41 Å². The molecule has 5 nitrogen and oxygen atoms in total. The lowest BCUT2D eigenvalue weighted by Gasteiger charge is -2.36. The van der Waals surface area contributed by atoms with Gasteiger partial charge in [-0.05, 0) is 62.4 Å². The van der Waals surface area contributed by atoms with Crippen LogP contribution in [0.15, 0.2) is 48.5 Å². The fourth-order valence-electron chi connectivity index (χ4n) is 5.31. The number of carbonyl (C=O) groups excluding carboxylic acids is 1. The Kier molecular flexibility index (Phi) is 7.48. The van der Waals surface area contributed by atoms with Gasteiger partial charge in [0, 0.05) is 31.4 Å². The van der Waals surface area contributed by atoms with Crippen molar-refractivity contribution in [3.8, 4) is 16.9 Å². The van der Waals surface area contributed by atoms with Crippen molar-refractivity contribution in [1.29, 1.82) is 0 Å². The van der Waals surface area contributed by atoms with E-state index in [0.29, 0.717) is 19.3 Å². The quantitative estimate of drug-likeness (QED) is 0.670. The Labute approximate surface area is 192 Å². The number of para-hydroxylation sites is 1. The van der Waals surface area contributed by atoms with E-state index < -0.39 is 5.41 Å². The average Bonchev–Trinajstić information content (AvgIpc) is 3.31. The fraction of sp³-hybridized carbons (Fsp3) is 0.519. The van der Waals surface area contributed by atoms with Crippen molar-refractivity contribution in [3.63, 3.8) is 0 Å². The predicted octanol–water partition coefficient (Wildman–Crippen LogP) is 4.30. The van der Waals surface area contributed by atoms with Crippen molar-refractivity contribution < 1.29 is 14.3 Å². The van der Waals surface area contributed by atoms with Crippen LogP contribution in [0.2, 0.25) is 0 Å². The summed E-state index contributed by atoms with van der Waals surface area (Å²) in [5.41, 5.74) is 2.96. The Morgan fingerprint density at radius 3 is 2.78 bits per heavy atom. The molecule has 32 heavy (non-hydrogen) atoms. The molecule has 172 valence electrons. The van der Waals surface area contributed by atoms with Crippen LogP contribution in [0.1, 0.15) is 38.2 Å². The van der Waals surface area contributed by atoms with E-state index in [1.807, 2.05) is 18.2 Å². The SMILES string of the molecule is CCN1CCCC1CNC(=O)C1(Cc2cccc(-c3ccccc3OC)c2)CCOCC1. The second kappa shape index (κ2) is 10.5. The first-order valence-corrected chi connectivity index (χ1v) is 12.0. The lowest BCUT2D eigenvalue weighted by atomic mass is 9.74. The molecule has 2 aromatic rings. The number of hydrogen-bond donors (Lipinski definition) is 1. The monoisotopic (exact) mass is 436 g/mol. The van der Waals surface area contributed by atoms with E-state index >= 15 is 0 Å². The van der Waals surface area contributed by atoms with Crippen molar-refractivity contribution >= 4 is 5.91 Å². The van der Waals surface area contributed by atoms with E-state index in [9.17, 15) is 4.79 Å². The third kappa shape index (κ3) is 5.00. The third-order valence-corrected chi connectivity index (χ3v) is 7.22. The van der Waals surface area contributed by atoms with Gasteiger partial charge in [-0.15, -0.1) is 0 Å². The Morgan fingerprint density at radius 1 is 1.19 bits per heavy atom. The number of nitrogens with zero attached hydrogens (tertiary/aromatic N) is 1. The van der Waals surface area contributed by atoms with Crippen LogP contribution in [0, 0.1) is 5.41 Å². The molecule has 2 saturated heterocycles. The summed E-state index contributed by atoms with van der Waals surface area (Å²) in [4.78, 5) is 16.0. The second-order valence-electron chi connectivity index (χ2n) is 9.10. The zero-order chi connectivity index (χ0) is 22.4. The van der Waals surface area contributed by atoms with Gasteiger partial charge >= 0.3 is 0 Å². The number of hydrogen-bond acceptors (Lipinski definition) is 4. The Bertz CT molecular complexity index is 907. The minimum absolute atomic E-state index is 0.187. The molecule has 2 aliphatic rings. The van der Waals surface area contributed by atoms with Gasteiger partial charge in [-0.1, -0.05) is 49.4 Å². The Morgan fingerprint density at radius 2 is 2.00 bits per heavy atom. The molecule has 1 amide bonds. The molecule has 5 heteroatoms. The molecule has 0 spiro atoms. The first kappa shape index (κ1) is 22.8. The highest BCUT2D eigenvalue weighted by Gasteiger charge is 2.40. The molecule has 4 rings (SSSR count). The topological polar surface area (TPSA) is 50.8 Å². The predicted molar refractivity (Wildman–Crippen MR) is 128 cm³/mol. The number of likely N-dealkylation sites (tertiary alicyclic amines) is 1. The molecular weight excluding hydrogens is 400 g/mol. The van der Waals surface area contributed by atoms with Gasteiger partial charge in [0.05, 0.1) is 12.5 Å². The number of amides is 1. The zero-order valence-electron chi connectivity index (χ0n) is 19.4. The Balaban J connectivity index is 1.52. The normalized spacial score (nSPS) is 20.8. The molecule has 2 aliphatic heterocycles. The van der Waals surface area contributed by atoms with Crippen LogP contribution >= 0.6 is 0 Å². The van der Waals surface area contributed by atoms with Crippen molar-refractivity contribution in [2.45, 2.75) is 45.1 Å².